The Morgan fingerprint density at radius 3 is 2.36 bits per heavy atom. The second kappa shape index (κ2) is 12.0. The van der Waals surface area contributed by atoms with Crippen LogP contribution in [0.25, 0.3) is 11.1 Å². The minimum Gasteiger partial charge on any atom is -0.366 e. The largest absolute Gasteiger partial charge is 0.435 e. The number of benzene rings is 2. The third-order valence-electron chi connectivity index (χ3n) is 6.63. The SMILES string of the molecule is CCc1c(C)c(C(F)(F)F)nn1CC(=O)N[C@@H](Cc1cc(F)cc(F)c1)c1ncccc1-c1ccc(F)c(C(N)=O)c1. The van der Waals surface area contributed by atoms with Crippen molar-refractivity contribution >= 4 is 11.8 Å². The van der Waals surface area contributed by atoms with E-state index in [0.29, 0.717) is 17.2 Å². The molecule has 2 aromatic carbocycles. The van der Waals surface area contributed by atoms with Crippen molar-refractivity contribution in [3.05, 3.63) is 106 Å². The van der Waals surface area contributed by atoms with E-state index in [2.05, 4.69) is 15.4 Å². The Morgan fingerprint density at radius 2 is 1.74 bits per heavy atom. The monoisotopic (exact) mass is 589 g/mol. The second-order valence-electron chi connectivity index (χ2n) is 9.53. The zero-order valence-electron chi connectivity index (χ0n) is 22.4. The average Bonchev–Trinajstić information content (AvgIpc) is 3.22. The third kappa shape index (κ3) is 6.61. The van der Waals surface area contributed by atoms with E-state index in [4.69, 9.17) is 5.73 Å². The van der Waals surface area contributed by atoms with E-state index in [1.165, 1.54) is 25.3 Å². The second-order valence-corrected chi connectivity index (χ2v) is 9.53. The number of rotatable bonds is 9. The van der Waals surface area contributed by atoms with Crippen LogP contribution in [0, 0.1) is 24.4 Å². The predicted molar refractivity (Wildman–Crippen MR) is 140 cm³/mol. The number of primary amides is 1. The van der Waals surface area contributed by atoms with E-state index in [1.54, 1.807) is 19.1 Å². The van der Waals surface area contributed by atoms with Gasteiger partial charge < -0.3 is 11.1 Å². The number of aromatic nitrogens is 3. The number of nitrogens with two attached hydrogens (primary N) is 1. The van der Waals surface area contributed by atoms with E-state index in [1.807, 2.05) is 0 Å². The van der Waals surface area contributed by atoms with Gasteiger partial charge in [0, 0.05) is 29.1 Å². The molecule has 4 rings (SSSR count). The highest BCUT2D eigenvalue weighted by Crippen LogP contribution is 2.33. The molecule has 4 aromatic rings. The van der Waals surface area contributed by atoms with E-state index in [0.717, 1.165) is 22.9 Å². The molecule has 1 atom stereocenters. The van der Waals surface area contributed by atoms with Gasteiger partial charge >= 0.3 is 6.18 Å². The lowest BCUT2D eigenvalue weighted by Crippen LogP contribution is -2.34. The van der Waals surface area contributed by atoms with E-state index in [-0.39, 0.29) is 35.4 Å². The number of carbonyl (C=O) groups excluding carboxylic acids is 2. The van der Waals surface area contributed by atoms with Crippen LogP contribution in [-0.2, 0) is 30.4 Å². The van der Waals surface area contributed by atoms with Crippen LogP contribution in [0.3, 0.4) is 0 Å². The van der Waals surface area contributed by atoms with Crippen LogP contribution < -0.4 is 11.1 Å². The summed E-state index contributed by atoms with van der Waals surface area (Å²) in [6, 6.07) is 8.47. The Labute approximate surface area is 236 Å². The van der Waals surface area contributed by atoms with Crippen molar-refractivity contribution in [3.63, 3.8) is 0 Å². The molecule has 220 valence electrons. The molecular formula is C29H25F6N5O2. The molecule has 0 spiro atoms. The number of nitrogens with one attached hydrogen (secondary N) is 1. The van der Waals surface area contributed by atoms with Gasteiger partial charge in [-0.15, -0.1) is 0 Å². The predicted octanol–water partition coefficient (Wildman–Crippen LogP) is 5.45. The molecule has 42 heavy (non-hydrogen) atoms. The van der Waals surface area contributed by atoms with E-state index in [9.17, 15) is 35.9 Å². The first-order valence-electron chi connectivity index (χ1n) is 12.7. The molecule has 0 aliphatic carbocycles. The van der Waals surface area contributed by atoms with E-state index >= 15 is 0 Å². The third-order valence-corrected chi connectivity index (χ3v) is 6.63. The van der Waals surface area contributed by atoms with Crippen LogP contribution in [0.2, 0.25) is 0 Å². The van der Waals surface area contributed by atoms with Crippen molar-refractivity contribution in [1.29, 1.82) is 0 Å². The maximum absolute atomic E-state index is 14.2. The van der Waals surface area contributed by atoms with Crippen LogP contribution in [0.15, 0.2) is 54.7 Å². The van der Waals surface area contributed by atoms with Crippen LogP contribution >= 0.6 is 0 Å². The first-order valence-corrected chi connectivity index (χ1v) is 12.7. The fourth-order valence-corrected chi connectivity index (χ4v) is 4.81. The van der Waals surface area contributed by atoms with Crippen molar-refractivity contribution in [2.75, 3.05) is 0 Å². The van der Waals surface area contributed by atoms with Gasteiger partial charge in [-0.1, -0.05) is 19.1 Å². The highest BCUT2D eigenvalue weighted by atomic mass is 19.4. The van der Waals surface area contributed by atoms with Gasteiger partial charge in [-0.2, -0.15) is 18.3 Å². The smallest absolute Gasteiger partial charge is 0.366 e. The summed E-state index contributed by atoms with van der Waals surface area (Å²) in [5, 5.41) is 6.31. The lowest BCUT2D eigenvalue weighted by molar-refractivity contribution is -0.142. The number of carbonyl (C=O) groups is 2. The molecule has 0 bridgehead atoms. The molecular weight excluding hydrogens is 564 g/mol. The van der Waals surface area contributed by atoms with Crippen molar-refractivity contribution < 1.29 is 35.9 Å². The quantitative estimate of drug-likeness (QED) is 0.254. The van der Waals surface area contributed by atoms with Crippen LogP contribution in [0.5, 0.6) is 0 Å². The molecule has 13 heteroatoms. The maximum Gasteiger partial charge on any atom is 0.435 e. The van der Waals surface area contributed by atoms with Gasteiger partial charge in [0.15, 0.2) is 5.69 Å². The van der Waals surface area contributed by atoms with Crippen LogP contribution in [0.1, 0.15) is 51.5 Å². The van der Waals surface area contributed by atoms with Gasteiger partial charge in [-0.3, -0.25) is 19.3 Å². The Balaban J connectivity index is 1.75. The molecule has 0 radical (unpaired) electrons. The number of nitrogens with zero attached hydrogens (tertiary/aromatic N) is 3. The number of pyridine rings is 1. The molecule has 0 fully saturated rings. The summed E-state index contributed by atoms with van der Waals surface area (Å²) in [7, 11) is 0. The summed E-state index contributed by atoms with van der Waals surface area (Å²) in [5.74, 6) is -4.34. The molecule has 3 N–H and O–H groups in total. The summed E-state index contributed by atoms with van der Waals surface area (Å²) < 4.78 is 83.6. The summed E-state index contributed by atoms with van der Waals surface area (Å²) in [6.45, 7) is 2.31. The number of halogens is 6. The standard InChI is InChI=1S/C29H25F6N5O2/c1-3-24-15(2)27(29(33,34)35)39-40(24)14-25(41)38-23(11-16-9-18(30)13-19(31)10-16)26-20(5-4-8-37-26)17-6-7-22(32)21(12-17)28(36)42/h4-10,12-13,23H,3,11,14H2,1-2H3,(H2,36,42)(H,38,41)/t23-/m0/s1. The highest BCUT2D eigenvalue weighted by Gasteiger charge is 2.37. The van der Waals surface area contributed by atoms with Gasteiger partial charge in [0.2, 0.25) is 5.91 Å². The number of amides is 2. The van der Waals surface area contributed by atoms with Crippen LogP contribution in [-0.4, -0.2) is 26.6 Å². The number of hydrogen-bond acceptors (Lipinski definition) is 4. The molecule has 0 saturated heterocycles. The van der Waals surface area contributed by atoms with Gasteiger partial charge in [0.25, 0.3) is 5.91 Å². The van der Waals surface area contributed by atoms with Gasteiger partial charge in [0.05, 0.1) is 17.3 Å². The topological polar surface area (TPSA) is 103 Å². The molecule has 0 saturated carbocycles. The Morgan fingerprint density at radius 1 is 1.05 bits per heavy atom. The molecule has 2 heterocycles. The molecule has 7 nitrogen and oxygen atoms in total. The van der Waals surface area contributed by atoms with Crippen LogP contribution in [0.4, 0.5) is 26.3 Å². The molecule has 0 unspecified atom stereocenters. The summed E-state index contributed by atoms with van der Waals surface area (Å²) in [5.41, 5.74) is 4.89. The first-order chi connectivity index (χ1) is 19.8. The minimum atomic E-state index is -4.72. The molecule has 0 aliphatic rings. The zero-order valence-corrected chi connectivity index (χ0v) is 22.4. The average molecular weight is 590 g/mol. The summed E-state index contributed by atoms with van der Waals surface area (Å²) in [4.78, 5) is 29.4. The van der Waals surface area contributed by atoms with Gasteiger partial charge in [0.1, 0.15) is 24.0 Å². The molecule has 0 aliphatic heterocycles. The first kappa shape index (κ1) is 30.3. The van der Waals surface area contributed by atoms with Crippen molar-refractivity contribution in [1.82, 2.24) is 20.1 Å². The summed E-state index contributed by atoms with van der Waals surface area (Å²) in [6.07, 6.45) is -3.34. The Bertz CT molecular complexity index is 1630. The maximum atomic E-state index is 14.2. The summed E-state index contributed by atoms with van der Waals surface area (Å²) >= 11 is 0. The lowest BCUT2D eigenvalue weighted by Gasteiger charge is -2.22. The van der Waals surface area contributed by atoms with Gasteiger partial charge in [-0.25, -0.2) is 13.2 Å². The zero-order chi connectivity index (χ0) is 30.8. The Kier molecular flexibility index (Phi) is 8.69. The highest BCUT2D eigenvalue weighted by molar-refractivity contribution is 5.94. The normalized spacial score (nSPS) is 12.3. The number of hydrogen-bond donors (Lipinski definition) is 2. The van der Waals surface area contributed by atoms with Crippen molar-refractivity contribution in [3.8, 4) is 11.1 Å². The fourth-order valence-electron chi connectivity index (χ4n) is 4.81. The minimum absolute atomic E-state index is 0.0989. The molecule has 2 aromatic heterocycles. The van der Waals surface area contributed by atoms with E-state index < -0.39 is 59.3 Å². The number of alkyl halides is 3. The lowest BCUT2D eigenvalue weighted by atomic mass is 9.94. The fraction of sp³-hybridized carbons (Fsp3) is 0.241. The van der Waals surface area contributed by atoms with Gasteiger partial charge in [-0.05, 0) is 61.2 Å². The Hall–Kier alpha value is -4.68. The van der Waals surface area contributed by atoms with Crippen molar-refractivity contribution in [2.45, 2.75) is 45.5 Å². The van der Waals surface area contributed by atoms with Crippen molar-refractivity contribution in [2.24, 2.45) is 5.73 Å². The molecule has 2 amide bonds.